The number of carbonyl (C=O) groups is 2. The molecule has 2 aromatic heterocycles. The smallest absolute Gasteiger partial charge is 0.329 e. The number of halogens is 1. The highest BCUT2D eigenvalue weighted by Crippen LogP contribution is 2.54. The van der Waals surface area contributed by atoms with Crippen LogP contribution < -0.4 is 10.6 Å². The maximum absolute atomic E-state index is 12.8. The lowest BCUT2D eigenvalue weighted by atomic mass is 9.62. The van der Waals surface area contributed by atoms with Gasteiger partial charge in [0.25, 0.3) is 0 Å². The Labute approximate surface area is 224 Å². The molecular formula is C29H31BrN4O3. The first-order chi connectivity index (χ1) is 17.8. The number of carbonyl (C=O) groups excluding carboxylic acids is 1. The minimum absolute atomic E-state index is 0.105. The van der Waals surface area contributed by atoms with Gasteiger partial charge in [0.05, 0.1) is 9.90 Å². The van der Waals surface area contributed by atoms with Crippen LogP contribution in [0.2, 0.25) is 0 Å². The maximum Gasteiger partial charge on any atom is 0.329 e. The fourth-order valence-corrected chi connectivity index (χ4v) is 6.54. The second kappa shape index (κ2) is 9.89. The lowest BCUT2D eigenvalue weighted by molar-refractivity contribution is -0.145. The molecular weight excluding hydrogens is 532 g/mol. The summed E-state index contributed by atoms with van der Waals surface area (Å²) in [5.74, 6) is -0.0820. The number of nitrogens with one attached hydrogen (secondary N) is 2. The van der Waals surface area contributed by atoms with E-state index in [0.717, 1.165) is 71.3 Å². The number of nitrogens with zero attached hydrogens (tertiary/aromatic N) is 2. The van der Waals surface area contributed by atoms with Crippen LogP contribution in [0.5, 0.6) is 0 Å². The fraction of sp³-hybridized carbons (Fsp3) is 0.379. The Kier molecular flexibility index (Phi) is 6.79. The molecule has 1 atom stereocenters. The Bertz CT molecular complexity index is 1400. The summed E-state index contributed by atoms with van der Waals surface area (Å²) in [6.45, 7) is 3.83. The quantitative estimate of drug-likeness (QED) is 0.300. The van der Waals surface area contributed by atoms with Gasteiger partial charge >= 0.3 is 5.97 Å². The summed E-state index contributed by atoms with van der Waals surface area (Å²) in [4.78, 5) is 34.4. The van der Waals surface area contributed by atoms with Crippen molar-refractivity contribution >= 4 is 50.0 Å². The molecule has 1 aromatic carbocycles. The highest BCUT2D eigenvalue weighted by molar-refractivity contribution is 9.12. The topological polar surface area (TPSA) is 104 Å². The van der Waals surface area contributed by atoms with Crippen LogP contribution in [0.4, 0.5) is 11.5 Å². The van der Waals surface area contributed by atoms with E-state index in [1.54, 1.807) is 12.4 Å². The standard InChI is InChI=1S/C29H31BrN4O3/c1-3-29(27(36)37,34-24-23(30)25(35)28(24)12-5-4-6-13-28)16-19-7-9-21(10-8-19)33-26-22-17-31-14-11-20(22)15-18(2)32-26/h7-11,14-15,17,34H,3-6,12-13,16H2,1-2H3,(H,32,33)(H,36,37)/t29-/m0/s1. The van der Waals surface area contributed by atoms with E-state index >= 15 is 0 Å². The molecule has 0 amide bonds. The van der Waals surface area contributed by atoms with Gasteiger partial charge < -0.3 is 15.7 Å². The molecule has 3 aromatic rings. The van der Waals surface area contributed by atoms with Crippen molar-refractivity contribution in [2.45, 2.75) is 64.3 Å². The number of carboxylic acid groups (broad SMARTS) is 1. The van der Waals surface area contributed by atoms with E-state index < -0.39 is 16.9 Å². The summed E-state index contributed by atoms with van der Waals surface area (Å²) in [5.41, 5.74) is 1.65. The van der Waals surface area contributed by atoms with Crippen LogP contribution in [-0.4, -0.2) is 32.4 Å². The number of carboxylic acids is 1. The first-order valence-electron chi connectivity index (χ1n) is 12.8. The number of fused-ring (bicyclic) bond motifs is 1. The third-order valence-electron chi connectivity index (χ3n) is 7.90. The molecule has 3 N–H and O–H groups in total. The van der Waals surface area contributed by atoms with Gasteiger partial charge in [-0.2, -0.15) is 0 Å². The predicted octanol–water partition coefficient (Wildman–Crippen LogP) is 6.19. The second-order valence-corrected chi connectivity index (χ2v) is 11.0. The Balaban J connectivity index is 1.38. The van der Waals surface area contributed by atoms with E-state index in [2.05, 4.69) is 36.5 Å². The number of allylic oxidation sites excluding steroid dienone is 2. The molecule has 8 heteroatoms. The maximum atomic E-state index is 12.8. The molecule has 5 rings (SSSR count). The summed E-state index contributed by atoms with van der Waals surface area (Å²) in [6.07, 6.45) is 8.87. The van der Waals surface area contributed by atoms with Crippen molar-refractivity contribution in [3.8, 4) is 0 Å². The zero-order chi connectivity index (χ0) is 26.2. The lowest BCUT2D eigenvalue weighted by Gasteiger charge is -2.48. The van der Waals surface area contributed by atoms with Crippen LogP contribution in [0.1, 0.15) is 56.7 Å². The van der Waals surface area contributed by atoms with Crippen LogP contribution >= 0.6 is 15.9 Å². The van der Waals surface area contributed by atoms with Gasteiger partial charge in [-0.15, -0.1) is 0 Å². The molecule has 1 saturated carbocycles. The second-order valence-electron chi connectivity index (χ2n) is 10.2. The normalized spacial score (nSPS) is 18.4. The van der Waals surface area contributed by atoms with Crippen LogP contribution in [0.3, 0.4) is 0 Å². The monoisotopic (exact) mass is 562 g/mol. The Hall–Kier alpha value is -3.26. The summed E-state index contributed by atoms with van der Waals surface area (Å²) in [7, 11) is 0. The van der Waals surface area contributed by atoms with Crippen LogP contribution in [0.25, 0.3) is 10.8 Å². The number of aliphatic carboxylic acids is 1. The largest absolute Gasteiger partial charge is 0.479 e. The molecule has 0 bridgehead atoms. The third-order valence-corrected chi connectivity index (χ3v) is 8.66. The number of benzene rings is 1. The van der Waals surface area contributed by atoms with E-state index in [4.69, 9.17) is 0 Å². The molecule has 0 saturated heterocycles. The van der Waals surface area contributed by atoms with Gasteiger partial charge in [0, 0.05) is 41.3 Å². The fourth-order valence-electron chi connectivity index (χ4n) is 5.68. The minimum Gasteiger partial charge on any atom is -0.479 e. The van der Waals surface area contributed by atoms with Gasteiger partial charge in [0.1, 0.15) is 11.4 Å². The average Bonchev–Trinajstić information content (AvgIpc) is 2.91. The highest BCUT2D eigenvalue weighted by atomic mass is 79.9. The molecule has 7 nitrogen and oxygen atoms in total. The van der Waals surface area contributed by atoms with Crippen molar-refractivity contribution < 1.29 is 14.7 Å². The van der Waals surface area contributed by atoms with Crippen LogP contribution in [0.15, 0.2) is 59.0 Å². The summed E-state index contributed by atoms with van der Waals surface area (Å²) < 4.78 is 0.500. The molecule has 0 aliphatic heterocycles. The van der Waals surface area contributed by atoms with Crippen molar-refractivity contribution in [2.75, 3.05) is 5.32 Å². The van der Waals surface area contributed by atoms with Crippen molar-refractivity contribution in [3.05, 3.63) is 70.2 Å². The molecule has 2 aliphatic rings. The molecule has 2 aliphatic carbocycles. The Morgan fingerprint density at radius 1 is 1.16 bits per heavy atom. The van der Waals surface area contributed by atoms with E-state index in [9.17, 15) is 14.7 Å². The number of aromatic nitrogens is 2. The zero-order valence-electron chi connectivity index (χ0n) is 21.1. The summed E-state index contributed by atoms with van der Waals surface area (Å²) >= 11 is 3.44. The van der Waals surface area contributed by atoms with E-state index in [1.807, 2.05) is 50.2 Å². The molecule has 2 heterocycles. The molecule has 37 heavy (non-hydrogen) atoms. The number of pyridine rings is 2. The lowest BCUT2D eigenvalue weighted by Crippen LogP contribution is -2.60. The number of hydrogen-bond acceptors (Lipinski definition) is 6. The van der Waals surface area contributed by atoms with Gasteiger partial charge in [-0.3, -0.25) is 9.78 Å². The van der Waals surface area contributed by atoms with Gasteiger partial charge in [0.15, 0.2) is 5.78 Å². The van der Waals surface area contributed by atoms with E-state index in [-0.39, 0.29) is 5.78 Å². The molecule has 0 unspecified atom stereocenters. The number of ketones is 1. The van der Waals surface area contributed by atoms with Gasteiger partial charge in [-0.1, -0.05) is 38.3 Å². The molecule has 0 radical (unpaired) electrons. The minimum atomic E-state index is -1.21. The number of hydrogen-bond donors (Lipinski definition) is 3. The number of Topliss-reactive ketones (excluding diaryl/α,β-unsaturated/α-hetero) is 1. The number of aryl methyl sites for hydroxylation is 1. The van der Waals surface area contributed by atoms with Gasteiger partial charge in [0.2, 0.25) is 0 Å². The SMILES string of the molecule is CC[C@@](Cc1ccc(Nc2nc(C)cc3ccncc23)cc1)(NC1=C(Br)C(=O)C12CCCCC2)C(=O)O. The molecule has 192 valence electrons. The van der Waals surface area contributed by atoms with Crippen molar-refractivity contribution in [3.63, 3.8) is 0 Å². The van der Waals surface area contributed by atoms with Crippen LogP contribution in [0, 0.1) is 12.3 Å². The van der Waals surface area contributed by atoms with Crippen molar-refractivity contribution in [1.82, 2.24) is 15.3 Å². The molecule has 1 fully saturated rings. The van der Waals surface area contributed by atoms with Crippen molar-refractivity contribution in [1.29, 1.82) is 0 Å². The summed E-state index contributed by atoms with van der Waals surface area (Å²) in [5, 5.41) is 19.1. The third kappa shape index (κ3) is 4.52. The zero-order valence-corrected chi connectivity index (χ0v) is 22.7. The van der Waals surface area contributed by atoms with E-state index in [1.165, 1.54) is 0 Å². The summed E-state index contributed by atoms with van der Waals surface area (Å²) in [6, 6.07) is 11.7. The van der Waals surface area contributed by atoms with Gasteiger partial charge in [-0.05, 0) is 77.3 Å². The number of anilines is 2. The first-order valence-corrected chi connectivity index (χ1v) is 13.6. The first kappa shape index (κ1) is 25.4. The van der Waals surface area contributed by atoms with Gasteiger partial charge in [-0.25, -0.2) is 9.78 Å². The average molecular weight is 563 g/mol. The number of rotatable bonds is 8. The van der Waals surface area contributed by atoms with Crippen LogP contribution in [-0.2, 0) is 16.0 Å². The van der Waals surface area contributed by atoms with Crippen molar-refractivity contribution in [2.24, 2.45) is 5.41 Å². The highest BCUT2D eigenvalue weighted by Gasteiger charge is 2.55. The molecule has 1 spiro atoms. The Morgan fingerprint density at radius 2 is 1.89 bits per heavy atom. The van der Waals surface area contributed by atoms with E-state index in [0.29, 0.717) is 17.3 Å². The Morgan fingerprint density at radius 3 is 2.57 bits per heavy atom. The predicted molar refractivity (Wildman–Crippen MR) is 148 cm³/mol.